The Morgan fingerprint density at radius 1 is 1.04 bits per heavy atom. The largest absolute Gasteiger partial charge is 0.478 e. The number of carboxylic acids is 1. The molecule has 5 nitrogen and oxygen atoms in total. The number of hydrogen-bond donors (Lipinski definition) is 2. The number of nitrogens with one attached hydrogen (secondary N) is 1. The minimum absolute atomic E-state index is 0.130. The molecule has 0 unspecified atom stereocenters. The summed E-state index contributed by atoms with van der Waals surface area (Å²) in [6.45, 7) is 3.88. The van der Waals surface area contributed by atoms with Gasteiger partial charge in [-0.3, -0.25) is 4.79 Å². The van der Waals surface area contributed by atoms with Crippen LogP contribution in [0.1, 0.15) is 40.7 Å². The molecule has 0 atom stereocenters. The molecule has 1 aliphatic rings. The van der Waals surface area contributed by atoms with Gasteiger partial charge in [-0.15, -0.1) is 0 Å². The molecule has 0 aromatic heterocycles. The van der Waals surface area contributed by atoms with E-state index >= 15 is 0 Å². The van der Waals surface area contributed by atoms with Gasteiger partial charge in [-0.2, -0.15) is 0 Å². The van der Waals surface area contributed by atoms with Gasteiger partial charge in [0.15, 0.2) is 0 Å². The number of carboxylic acid groups (broad SMARTS) is 1. The Balaban J connectivity index is 1.74. The monoisotopic (exact) mass is 352 g/mol. The summed E-state index contributed by atoms with van der Waals surface area (Å²) in [6, 6.07) is 13.0. The highest BCUT2D eigenvalue weighted by molar-refractivity contribution is 6.01. The Morgan fingerprint density at radius 2 is 1.73 bits per heavy atom. The van der Waals surface area contributed by atoms with Crippen LogP contribution < -0.4 is 10.2 Å². The highest BCUT2D eigenvalue weighted by Gasteiger charge is 2.17. The van der Waals surface area contributed by atoms with E-state index in [9.17, 15) is 14.7 Å². The molecule has 5 heteroatoms. The smallest absolute Gasteiger partial charge is 0.337 e. The average molecular weight is 352 g/mol. The first-order chi connectivity index (χ1) is 12.5. The lowest BCUT2D eigenvalue weighted by Crippen LogP contribution is -2.29. The molecule has 0 spiro atoms. The second kappa shape index (κ2) is 8.04. The van der Waals surface area contributed by atoms with Crippen LogP contribution in [0.4, 0.5) is 11.4 Å². The van der Waals surface area contributed by atoms with Gasteiger partial charge in [-0.25, -0.2) is 4.79 Å². The summed E-state index contributed by atoms with van der Waals surface area (Å²) in [7, 11) is 0. The van der Waals surface area contributed by atoms with Gasteiger partial charge in [0, 0.05) is 18.8 Å². The van der Waals surface area contributed by atoms with Gasteiger partial charge in [-0.1, -0.05) is 29.8 Å². The normalized spacial score (nSPS) is 14.1. The van der Waals surface area contributed by atoms with E-state index in [1.165, 1.54) is 6.42 Å². The third kappa shape index (κ3) is 4.42. The number of carbonyl (C=O) groups excluding carboxylic acids is 1. The van der Waals surface area contributed by atoms with Crippen molar-refractivity contribution in [2.75, 3.05) is 23.3 Å². The fourth-order valence-electron chi connectivity index (χ4n) is 3.25. The molecule has 0 aliphatic carbocycles. The third-order valence-electron chi connectivity index (χ3n) is 4.71. The SMILES string of the molecule is Cc1ccc(CC(=O)Nc2ccc(N3CCCCC3)cc2C(=O)O)cc1. The van der Waals surface area contributed by atoms with Crippen molar-refractivity contribution < 1.29 is 14.7 Å². The quantitative estimate of drug-likeness (QED) is 0.857. The summed E-state index contributed by atoms with van der Waals surface area (Å²) >= 11 is 0. The maximum absolute atomic E-state index is 12.3. The average Bonchev–Trinajstić information content (AvgIpc) is 2.64. The first-order valence-corrected chi connectivity index (χ1v) is 9.00. The molecule has 2 aromatic carbocycles. The van der Waals surface area contributed by atoms with Crippen molar-refractivity contribution in [3.63, 3.8) is 0 Å². The van der Waals surface area contributed by atoms with E-state index in [0.29, 0.717) is 5.69 Å². The van der Waals surface area contributed by atoms with Crippen LogP contribution in [0.2, 0.25) is 0 Å². The van der Waals surface area contributed by atoms with Gasteiger partial charge in [0.25, 0.3) is 0 Å². The van der Waals surface area contributed by atoms with Crippen LogP contribution in [0.5, 0.6) is 0 Å². The first-order valence-electron chi connectivity index (χ1n) is 9.00. The number of aromatic carboxylic acids is 1. The van der Waals surface area contributed by atoms with E-state index in [4.69, 9.17) is 0 Å². The van der Waals surface area contributed by atoms with E-state index in [1.54, 1.807) is 12.1 Å². The van der Waals surface area contributed by atoms with Gasteiger partial charge in [-0.05, 0) is 49.9 Å². The van der Waals surface area contributed by atoms with Gasteiger partial charge in [0.05, 0.1) is 17.7 Å². The Kier molecular flexibility index (Phi) is 5.56. The third-order valence-corrected chi connectivity index (χ3v) is 4.71. The number of hydrogen-bond acceptors (Lipinski definition) is 3. The number of benzene rings is 2. The molecule has 2 aromatic rings. The molecule has 2 N–H and O–H groups in total. The van der Waals surface area contributed by atoms with Crippen LogP contribution in [-0.2, 0) is 11.2 Å². The van der Waals surface area contributed by atoms with Crippen LogP contribution in [-0.4, -0.2) is 30.1 Å². The molecule has 0 bridgehead atoms. The van der Waals surface area contributed by atoms with Crippen molar-refractivity contribution >= 4 is 23.3 Å². The molecule has 1 fully saturated rings. The van der Waals surface area contributed by atoms with Crippen molar-refractivity contribution in [1.82, 2.24) is 0 Å². The maximum Gasteiger partial charge on any atom is 0.337 e. The van der Waals surface area contributed by atoms with E-state index in [2.05, 4.69) is 10.2 Å². The van der Waals surface area contributed by atoms with Crippen molar-refractivity contribution in [2.45, 2.75) is 32.6 Å². The van der Waals surface area contributed by atoms with E-state index < -0.39 is 5.97 Å². The van der Waals surface area contributed by atoms with Crippen molar-refractivity contribution in [1.29, 1.82) is 0 Å². The summed E-state index contributed by atoms with van der Waals surface area (Å²) in [4.78, 5) is 26.2. The second-order valence-corrected chi connectivity index (χ2v) is 6.79. The molecular weight excluding hydrogens is 328 g/mol. The van der Waals surface area contributed by atoms with Crippen LogP contribution in [0.3, 0.4) is 0 Å². The molecule has 0 saturated carbocycles. The predicted molar refractivity (Wildman–Crippen MR) is 103 cm³/mol. The number of amides is 1. The maximum atomic E-state index is 12.3. The van der Waals surface area contributed by atoms with E-state index in [-0.39, 0.29) is 17.9 Å². The molecule has 26 heavy (non-hydrogen) atoms. The minimum atomic E-state index is -1.03. The van der Waals surface area contributed by atoms with E-state index in [1.807, 2.05) is 37.3 Å². The number of carbonyl (C=O) groups is 2. The number of piperidine rings is 1. The zero-order valence-corrected chi connectivity index (χ0v) is 15.0. The highest BCUT2D eigenvalue weighted by atomic mass is 16.4. The summed E-state index contributed by atoms with van der Waals surface area (Å²) in [6.07, 6.45) is 3.68. The highest BCUT2D eigenvalue weighted by Crippen LogP contribution is 2.26. The second-order valence-electron chi connectivity index (χ2n) is 6.79. The van der Waals surface area contributed by atoms with Crippen LogP contribution in [0.25, 0.3) is 0 Å². The lowest BCUT2D eigenvalue weighted by molar-refractivity contribution is -0.115. The predicted octanol–water partition coefficient (Wildman–Crippen LogP) is 3.86. The first kappa shape index (κ1) is 18.0. The molecule has 136 valence electrons. The van der Waals surface area contributed by atoms with Crippen LogP contribution in [0.15, 0.2) is 42.5 Å². The number of anilines is 2. The van der Waals surface area contributed by atoms with Crippen molar-refractivity contribution in [2.24, 2.45) is 0 Å². The molecule has 1 amide bonds. The summed E-state index contributed by atoms with van der Waals surface area (Å²) < 4.78 is 0. The van der Waals surface area contributed by atoms with Gasteiger partial charge in [0.1, 0.15) is 0 Å². The van der Waals surface area contributed by atoms with Gasteiger partial charge < -0.3 is 15.3 Å². The van der Waals surface area contributed by atoms with Crippen LogP contribution >= 0.6 is 0 Å². The summed E-state index contributed by atoms with van der Waals surface area (Å²) in [5.74, 6) is -1.25. The number of nitrogens with zero attached hydrogens (tertiary/aromatic N) is 1. The molecular formula is C21H24N2O3. The number of rotatable bonds is 5. The van der Waals surface area contributed by atoms with Crippen LogP contribution in [0, 0.1) is 6.92 Å². The summed E-state index contributed by atoms with van der Waals surface area (Å²) in [5, 5.41) is 12.3. The number of aryl methyl sites for hydroxylation is 1. The Bertz CT molecular complexity index is 793. The molecule has 3 rings (SSSR count). The fraction of sp³-hybridized carbons (Fsp3) is 0.333. The summed E-state index contributed by atoms with van der Waals surface area (Å²) in [5.41, 5.74) is 3.41. The zero-order valence-electron chi connectivity index (χ0n) is 15.0. The van der Waals surface area contributed by atoms with Crippen molar-refractivity contribution in [3.05, 3.63) is 59.2 Å². The lowest BCUT2D eigenvalue weighted by Gasteiger charge is -2.29. The van der Waals surface area contributed by atoms with E-state index in [0.717, 1.165) is 42.7 Å². The molecule has 1 saturated heterocycles. The Hall–Kier alpha value is -2.82. The molecule has 1 heterocycles. The van der Waals surface area contributed by atoms with Crippen molar-refractivity contribution in [3.8, 4) is 0 Å². The molecule has 1 aliphatic heterocycles. The fourth-order valence-corrected chi connectivity index (χ4v) is 3.25. The topological polar surface area (TPSA) is 69.6 Å². The standard InChI is InChI=1S/C21H24N2O3/c1-15-5-7-16(8-6-15)13-20(24)22-19-10-9-17(14-18(19)21(25)26)23-11-3-2-4-12-23/h5-10,14H,2-4,11-13H2,1H3,(H,22,24)(H,25,26). The Morgan fingerprint density at radius 3 is 2.38 bits per heavy atom. The van der Waals surface area contributed by atoms with Gasteiger partial charge >= 0.3 is 5.97 Å². The molecule has 0 radical (unpaired) electrons. The lowest BCUT2D eigenvalue weighted by atomic mass is 10.1. The minimum Gasteiger partial charge on any atom is -0.478 e. The van der Waals surface area contributed by atoms with Gasteiger partial charge in [0.2, 0.25) is 5.91 Å². The Labute approximate surface area is 153 Å². The zero-order chi connectivity index (χ0) is 18.5.